The monoisotopic (exact) mass is 441 g/mol. The van der Waals surface area contributed by atoms with E-state index in [1.165, 1.54) is 4.90 Å². The third-order valence-corrected chi connectivity index (χ3v) is 7.44. The van der Waals surface area contributed by atoms with Crippen molar-refractivity contribution in [2.24, 2.45) is 11.8 Å². The van der Waals surface area contributed by atoms with Crippen molar-refractivity contribution in [1.29, 1.82) is 0 Å². The van der Waals surface area contributed by atoms with Crippen LogP contribution in [-0.4, -0.2) is 35.2 Å². The molecule has 1 spiro atoms. The summed E-state index contributed by atoms with van der Waals surface area (Å²) in [4.78, 5) is 44.1. The highest BCUT2D eigenvalue weighted by Gasteiger charge is 2.74. The summed E-state index contributed by atoms with van der Waals surface area (Å²) in [5.74, 6) is -2.24. The van der Waals surface area contributed by atoms with Crippen molar-refractivity contribution < 1.29 is 14.4 Å². The number of halogens is 2. The van der Waals surface area contributed by atoms with Crippen LogP contribution in [0.25, 0.3) is 0 Å². The highest BCUT2D eigenvalue weighted by molar-refractivity contribution is 6.36. The number of nitrogens with one attached hydrogen (secondary N) is 1. The molecule has 4 heterocycles. The van der Waals surface area contributed by atoms with E-state index >= 15 is 0 Å². The smallest absolute Gasteiger partial charge is 0.250 e. The van der Waals surface area contributed by atoms with Crippen LogP contribution in [0.2, 0.25) is 10.0 Å². The molecule has 6 rings (SSSR count). The number of amides is 3. The number of benzene rings is 2. The molecule has 152 valence electrons. The summed E-state index contributed by atoms with van der Waals surface area (Å²) in [6.45, 7) is 0.684. The standard InChI is InChI=1S/C22H17Cl2N3O3/c23-11-8-12(24)10-13(9-11)27-19(28)17-16-6-3-7-26(16)22(18(17)20(27)29)14-4-1-2-5-15(14)25-21(22)30/h1-2,4-5,8-10,16-18H,3,6-7H2,(H,25,30)/t16-,17+,18-,22-/m0/s1. The zero-order valence-electron chi connectivity index (χ0n) is 15.8. The Morgan fingerprint density at radius 2 is 1.73 bits per heavy atom. The molecule has 1 N–H and O–H groups in total. The van der Waals surface area contributed by atoms with Gasteiger partial charge in [-0.25, -0.2) is 4.90 Å². The summed E-state index contributed by atoms with van der Waals surface area (Å²) in [6.07, 6.45) is 1.66. The molecule has 0 aliphatic carbocycles. The molecule has 0 saturated carbocycles. The van der Waals surface area contributed by atoms with Crippen molar-refractivity contribution in [3.63, 3.8) is 0 Å². The van der Waals surface area contributed by atoms with Gasteiger partial charge in [0.1, 0.15) is 5.54 Å². The molecule has 3 saturated heterocycles. The van der Waals surface area contributed by atoms with Crippen LogP contribution in [0.1, 0.15) is 18.4 Å². The average molecular weight is 442 g/mol. The second kappa shape index (κ2) is 6.06. The summed E-state index contributed by atoms with van der Waals surface area (Å²) in [7, 11) is 0. The van der Waals surface area contributed by atoms with E-state index in [9.17, 15) is 14.4 Å². The van der Waals surface area contributed by atoms with E-state index in [0.717, 1.165) is 18.4 Å². The van der Waals surface area contributed by atoms with Gasteiger partial charge in [-0.2, -0.15) is 0 Å². The maximum Gasteiger partial charge on any atom is 0.250 e. The Balaban J connectivity index is 1.56. The quantitative estimate of drug-likeness (QED) is 0.688. The van der Waals surface area contributed by atoms with Gasteiger partial charge >= 0.3 is 0 Å². The summed E-state index contributed by atoms with van der Waals surface area (Å²) in [5, 5.41) is 3.65. The number of rotatable bonds is 1. The van der Waals surface area contributed by atoms with E-state index in [1.807, 2.05) is 24.3 Å². The summed E-state index contributed by atoms with van der Waals surface area (Å²) >= 11 is 12.3. The van der Waals surface area contributed by atoms with Crippen LogP contribution in [0.3, 0.4) is 0 Å². The second-order valence-corrected chi connectivity index (χ2v) is 9.18. The number of anilines is 2. The number of fused-ring (bicyclic) bond motifs is 7. The minimum Gasteiger partial charge on any atom is -0.324 e. The molecule has 2 aromatic rings. The maximum atomic E-state index is 13.8. The minimum atomic E-state index is -1.16. The average Bonchev–Trinajstić information content (AvgIpc) is 3.39. The largest absolute Gasteiger partial charge is 0.324 e. The molecule has 3 fully saturated rings. The summed E-state index contributed by atoms with van der Waals surface area (Å²) in [6, 6.07) is 12.0. The number of hydrogen-bond donors (Lipinski definition) is 1. The van der Waals surface area contributed by atoms with Crippen molar-refractivity contribution in [3.8, 4) is 0 Å². The van der Waals surface area contributed by atoms with Gasteiger partial charge in [0.05, 0.1) is 17.5 Å². The molecule has 4 aliphatic rings. The molecule has 0 radical (unpaired) electrons. The van der Waals surface area contributed by atoms with E-state index < -0.39 is 17.4 Å². The molecular formula is C22H17Cl2N3O3. The van der Waals surface area contributed by atoms with Crippen molar-refractivity contribution >= 4 is 52.3 Å². The molecule has 2 aromatic carbocycles. The molecule has 4 aliphatic heterocycles. The summed E-state index contributed by atoms with van der Waals surface area (Å²) < 4.78 is 0. The van der Waals surface area contributed by atoms with Crippen molar-refractivity contribution in [2.45, 2.75) is 24.4 Å². The van der Waals surface area contributed by atoms with Crippen LogP contribution in [-0.2, 0) is 19.9 Å². The number of hydrogen-bond acceptors (Lipinski definition) is 4. The summed E-state index contributed by atoms with van der Waals surface area (Å²) in [5.41, 5.74) is 0.676. The van der Waals surface area contributed by atoms with Crippen LogP contribution in [0.15, 0.2) is 42.5 Å². The fraction of sp³-hybridized carbons (Fsp3) is 0.318. The van der Waals surface area contributed by atoms with Crippen molar-refractivity contribution in [2.75, 3.05) is 16.8 Å². The molecule has 0 unspecified atom stereocenters. The fourth-order valence-electron chi connectivity index (χ4n) is 6.08. The molecule has 8 heteroatoms. The Morgan fingerprint density at radius 1 is 1.00 bits per heavy atom. The third-order valence-electron chi connectivity index (χ3n) is 7.01. The normalized spacial score (nSPS) is 32.0. The molecule has 6 nitrogen and oxygen atoms in total. The first-order valence-corrected chi connectivity index (χ1v) is 10.7. The zero-order chi connectivity index (χ0) is 20.8. The van der Waals surface area contributed by atoms with Gasteiger partial charge in [-0.05, 0) is 43.7 Å². The number of nitrogens with zero attached hydrogens (tertiary/aromatic N) is 2. The van der Waals surface area contributed by atoms with Crippen LogP contribution in [0.4, 0.5) is 11.4 Å². The Hall–Kier alpha value is -2.41. The first-order chi connectivity index (χ1) is 14.4. The highest BCUT2D eigenvalue weighted by Crippen LogP contribution is 2.60. The molecule has 30 heavy (non-hydrogen) atoms. The topological polar surface area (TPSA) is 69.7 Å². The first kappa shape index (κ1) is 18.4. The lowest BCUT2D eigenvalue weighted by Gasteiger charge is -2.36. The van der Waals surface area contributed by atoms with E-state index in [-0.39, 0.29) is 23.8 Å². The van der Waals surface area contributed by atoms with Crippen LogP contribution in [0.5, 0.6) is 0 Å². The molecule has 0 aromatic heterocycles. The highest BCUT2D eigenvalue weighted by atomic mass is 35.5. The van der Waals surface area contributed by atoms with Gasteiger partial charge in [0.25, 0.3) is 0 Å². The maximum absolute atomic E-state index is 13.8. The second-order valence-electron chi connectivity index (χ2n) is 8.31. The number of para-hydroxylation sites is 1. The van der Waals surface area contributed by atoms with Gasteiger partial charge in [0.15, 0.2) is 0 Å². The molecule has 3 amide bonds. The molecular weight excluding hydrogens is 425 g/mol. The lowest BCUT2D eigenvalue weighted by Crippen LogP contribution is -2.54. The van der Waals surface area contributed by atoms with Crippen molar-refractivity contribution in [1.82, 2.24) is 4.90 Å². The minimum absolute atomic E-state index is 0.150. The molecule has 4 atom stereocenters. The van der Waals surface area contributed by atoms with Gasteiger partial charge < -0.3 is 5.32 Å². The number of imide groups is 1. The van der Waals surface area contributed by atoms with Gasteiger partial charge in [0, 0.05) is 27.3 Å². The van der Waals surface area contributed by atoms with E-state index in [1.54, 1.807) is 18.2 Å². The number of carbonyl (C=O) groups is 3. The Kier molecular flexibility index (Phi) is 3.71. The number of carbonyl (C=O) groups excluding carboxylic acids is 3. The molecule has 0 bridgehead atoms. The van der Waals surface area contributed by atoms with E-state index in [4.69, 9.17) is 23.2 Å². The van der Waals surface area contributed by atoms with E-state index in [2.05, 4.69) is 10.2 Å². The third kappa shape index (κ3) is 2.06. The lowest BCUT2D eigenvalue weighted by molar-refractivity contribution is -0.135. The van der Waals surface area contributed by atoms with Gasteiger partial charge in [-0.3, -0.25) is 19.3 Å². The predicted molar refractivity (Wildman–Crippen MR) is 112 cm³/mol. The van der Waals surface area contributed by atoms with Gasteiger partial charge in [-0.1, -0.05) is 41.4 Å². The predicted octanol–water partition coefficient (Wildman–Crippen LogP) is 3.42. The first-order valence-electron chi connectivity index (χ1n) is 9.96. The Morgan fingerprint density at radius 3 is 2.50 bits per heavy atom. The zero-order valence-corrected chi connectivity index (χ0v) is 17.3. The lowest BCUT2D eigenvalue weighted by atomic mass is 9.75. The Bertz CT molecular complexity index is 1130. The van der Waals surface area contributed by atoms with E-state index in [0.29, 0.717) is 28.0 Å². The Labute approximate surface area is 182 Å². The van der Waals surface area contributed by atoms with Crippen molar-refractivity contribution in [3.05, 3.63) is 58.1 Å². The van der Waals surface area contributed by atoms with Gasteiger partial charge in [0.2, 0.25) is 17.7 Å². The fourth-order valence-corrected chi connectivity index (χ4v) is 6.60. The van der Waals surface area contributed by atoms with Crippen LogP contribution >= 0.6 is 23.2 Å². The van der Waals surface area contributed by atoms with Crippen LogP contribution in [0, 0.1) is 11.8 Å². The van der Waals surface area contributed by atoms with Crippen LogP contribution < -0.4 is 10.2 Å². The SMILES string of the molecule is O=C1[C@H]2[C@@H](C(=O)N1c1cc(Cl)cc(Cl)c1)[C@@]1(C(=O)Nc3ccccc31)N1CCC[C@@H]21. The van der Waals surface area contributed by atoms with Gasteiger partial charge in [-0.15, -0.1) is 0 Å².